The van der Waals surface area contributed by atoms with E-state index in [-0.39, 0.29) is 18.2 Å². The van der Waals surface area contributed by atoms with Crippen molar-refractivity contribution in [2.75, 3.05) is 5.75 Å². The number of carbonyl (C=O) groups excluding carboxylic acids is 3. The average molecular weight is 331 g/mol. The molecule has 0 radical (unpaired) electrons. The van der Waals surface area contributed by atoms with Crippen LogP contribution in [0.25, 0.3) is 0 Å². The number of hydrogen-bond acceptors (Lipinski definition) is 4. The summed E-state index contributed by atoms with van der Waals surface area (Å²) in [5.74, 6) is -0.560. The van der Waals surface area contributed by atoms with Crippen LogP contribution in [0.4, 0.5) is 0 Å². The molecule has 0 saturated carbocycles. The standard InChI is InChI=1S/C15H29N3O3S/c1-13(2,3)17-11(20)15(6,7)18-12(21)14(4,5)16-10(19)8-9-22/h22H,8-9H2,1-7H3,(H,16,19)(H,17,20)(H,18,21). The third-order valence-electron chi connectivity index (χ3n) is 2.84. The minimum absolute atomic E-state index is 0.230. The number of nitrogens with one attached hydrogen (secondary N) is 3. The number of carbonyl (C=O) groups is 3. The van der Waals surface area contributed by atoms with Gasteiger partial charge >= 0.3 is 0 Å². The largest absolute Gasteiger partial charge is 0.349 e. The summed E-state index contributed by atoms with van der Waals surface area (Å²) in [6, 6.07) is 0. The summed E-state index contributed by atoms with van der Waals surface area (Å²) >= 11 is 3.98. The third-order valence-corrected chi connectivity index (χ3v) is 3.06. The molecule has 128 valence electrons. The zero-order valence-corrected chi connectivity index (χ0v) is 15.5. The molecule has 3 amide bonds. The summed E-state index contributed by atoms with van der Waals surface area (Å²) in [6.07, 6.45) is 0.230. The Bertz CT molecular complexity index is 440. The third kappa shape index (κ3) is 7.15. The van der Waals surface area contributed by atoms with Gasteiger partial charge in [-0.05, 0) is 54.2 Å². The Morgan fingerprint density at radius 3 is 1.59 bits per heavy atom. The molecule has 0 unspecified atom stereocenters. The van der Waals surface area contributed by atoms with Gasteiger partial charge in [0.2, 0.25) is 17.7 Å². The molecule has 0 bridgehead atoms. The molecular weight excluding hydrogens is 302 g/mol. The molecule has 0 aliphatic carbocycles. The van der Waals surface area contributed by atoms with Crippen LogP contribution < -0.4 is 16.0 Å². The fraction of sp³-hybridized carbons (Fsp3) is 0.800. The molecule has 0 rings (SSSR count). The van der Waals surface area contributed by atoms with Gasteiger partial charge in [-0.1, -0.05) is 0 Å². The van der Waals surface area contributed by atoms with E-state index in [1.807, 2.05) is 20.8 Å². The molecule has 0 spiro atoms. The van der Waals surface area contributed by atoms with Crippen molar-refractivity contribution in [2.45, 2.75) is 71.5 Å². The Labute approximate surface area is 138 Å². The summed E-state index contributed by atoms with van der Waals surface area (Å²) in [4.78, 5) is 36.2. The summed E-state index contributed by atoms with van der Waals surface area (Å²) in [5.41, 5.74) is -2.59. The van der Waals surface area contributed by atoms with Gasteiger partial charge in [-0.2, -0.15) is 12.6 Å². The monoisotopic (exact) mass is 331 g/mol. The summed E-state index contributed by atoms with van der Waals surface area (Å²) in [6.45, 7) is 12.0. The highest BCUT2D eigenvalue weighted by atomic mass is 32.1. The van der Waals surface area contributed by atoms with Gasteiger partial charge in [0.15, 0.2) is 0 Å². The van der Waals surface area contributed by atoms with Gasteiger partial charge in [0.05, 0.1) is 0 Å². The van der Waals surface area contributed by atoms with Crippen LogP contribution in [0.3, 0.4) is 0 Å². The van der Waals surface area contributed by atoms with E-state index in [1.165, 1.54) is 0 Å². The van der Waals surface area contributed by atoms with Crippen molar-refractivity contribution in [3.05, 3.63) is 0 Å². The maximum Gasteiger partial charge on any atom is 0.246 e. The molecule has 0 aromatic carbocycles. The maximum absolute atomic E-state index is 12.4. The first kappa shape index (κ1) is 20.8. The SMILES string of the molecule is CC(C)(C)NC(=O)C(C)(C)NC(=O)C(C)(C)NC(=O)CCS. The van der Waals surface area contributed by atoms with Gasteiger partial charge in [0, 0.05) is 12.0 Å². The van der Waals surface area contributed by atoms with Gasteiger partial charge in [-0.3, -0.25) is 14.4 Å². The molecule has 0 aliphatic rings. The highest BCUT2D eigenvalue weighted by Crippen LogP contribution is 2.11. The first-order chi connectivity index (χ1) is 9.71. The van der Waals surface area contributed by atoms with Gasteiger partial charge in [0.1, 0.15) is 11.1 Å². The van der Waals surface area contributed by atoms with Crippen molar-refractivity contribution in [1.29, 1.82) is 0 Å². The van der Waals surface area contributed by atoms with Crippen LogP contribution >= 0.6 is 12.6 Å². The molecule has 0 aliphatic heterocycles. The number of amides is 3. The molecular formula is C15H29N3O3S. The van der Waals surface area contributed by atoms with Crippen molar-refractivity contribution in [3.63, 3.8) is 0 Å². The van der Waals surface area contributed by atoms with Gasteiger partial charge < -0.3 is 16.0 Å². The quantitative estimate of drug-likeness (QED) is 0.548. The average Bonchev–Trinajstić information content (AvgIpc) is 2.25. The number of rotatable bonds is 6. The van der Waals surface area contributed by atoms with E-state index in [0.717, 1.165) is 0 Å². The topological polar surface area (TPSA) is 87.3 Å². The van der Waals surface area contributed by atoms with E-state index in [2.05, 4.69) is 28.6 Å². The lowest BCUT2D eigenvalue weighted by molar-refractivity contribution is -0.137. The van der Waals surface area contributed by atoms with Crippen LogP contribution in [-0.4, -0.2) is 40.1 Å². The Hall–Kier alpha value is -1.24. The van der Waals surface area contributed by atoms with Crippen LogP contribution in [0, 0.1) is 0 Å². The zero-order chi connectivity index (χ0) is 17.8. The van der Waals surface area contributed by atoms with Crippen LogP contribution in [0.15, 0.2) is 0 Å². The molecule has 0 heterocycles. The highest BCUT2D eigenvalue weighted by Gasteiger charge is 2.37. The molecule has 0 aromatic heterocycles. The van der Waals surface area contributed by atoms with E-state index in [4.69, 9.17) is 0 Å². The molecule has 0 fully saturated rings. The van der Waals surface area contributed by atoms with Crippen molar-refractivity contribution in [2.24, 2.45) is 0 Å². The lowest BCUT2D eigenvalue weighted by atomic mass is 9.97. The second-order valence-electron chi connectivity index (χ2n) is 7.43. The summed E-state index contributed by atoms with van der Waals surface area (Å²) < 4.78 is 0. The predicted octanol–water partition coefficient (Wildman–Crippen LogP) is 1.01. The second kappa shape index (κ2) is 7.35. The maximum atomic E-state index is 12.4. The Balaban J connectivity index is 4.87. The molecule has 6 nitrogen and oxygen atoms in total. The Morgan fingerprint density at radius 2 is 1.18 bits per heavy atom. The Morgan fingerprint density at radius 1 is 0.773 bits per heavy atom. The lowest BCUT2D eigenvalue weighted by Gasteiger charge is -2.34. The smallest absolute Gasteiger partial charge is 0.246 e. The van der Waals surface area contributed by atoms with Crippen molar-refractivity contribution in [1.82, 2.24) is 16.0 Å². The van der Waals surface area contributed by atoms with Crippen molar-refractivity contribution < 1.29 is 14.4 Å². The summed E-state index contributed by atoms with van der Waals surface area (Å²) in [7, 11) is 0. The predicted molar refractivity (Wildman–Crippen MR) is 90.8 cm³/mol. The first-order valence-corrected chi connectivity index (χ1v) is 7.91. The van der Waals surface area contributed by atoms with Crippen LogP contribution in [-0.2, 0) is 14.4 Å². The van der Waals surface area contributed by atoms with Gasteiger partial charge in [-0.25, -0.2) is 0 Å². The molecule has 22 heavy (non-hydrogen) atoms. The number of hydrogen-bond donors (Lipinski definition) is 4. The Kier molecular flexibility index (Phi) is 6.94. The van der Waals surface area contributed by atoms with E-state index in [1.54, 1.807) is 27.7 Å². The van der Waals surface area contributed by atoms with E-state index in [9.17, 15) is 14.4 Å². The molecule has 0 atom stereocenters. The summed E-state index contributed by atoms with van der Waals surface area (Å²) in [5, 5.41) is 8.14. The molecule has 3 N–H and O–H groups in total. The normalized spacial score (nSPS) is 12.5. The fourth-order valence-corrected chi connectivity index (χ4v) is 1.77. The minimum atomic E-state index is -1.11. The first-order valence-electron chi connectivity index (χ1n) is 7.28. The highest BCUT2D eigenvalue weighted by molar-refractivity contribution is 7.80. The second-order valence-corrected chi connectivity index (χ2v) is 7.88. The van der Waals surface area contributed by atoms with Crippen molar-refractivity contribution >= 4 is 30.4 Å². The molecule has 0 saturated heterocycles. The van der Waals surface area contributed by atoms with Crippen LogP contribution in [0.2, 0.25) is 0 Å². The van der Waals surface area contributed by atoms with Crippen LogP contribution in [0.5, 0.6) is 0 Å². The minimum Gasteiger partial charge on any atom is -0.349 e. The van der Waals surface area contributed by atoms with E-state index in [0.29, 0.717) is 5.75 Å². The zero-order valence-electron chi connectivity index (χ0n) is 14.6. The molecule has 0 aromatic rings. The van der Waals surface area contributed by atoms with Gasteiger partial charge in [0.25, 0.3) is 0 Å². The van der Waals surface area contributed by atoms with Crippen LogP contribution in [0.1, 0.15) is 54.9 Å². The number of thiol groups is 1. The van der Waals surface area contributed by atoms with Gasteiger partial charge in [-0.15, -0.1) is 0 Å². The lowest BCUT2D eigenvalue weighted by Crippen LogP contribution is -2.64. The van der Waals surface area contributed by atoms with E-state index < -0.39 is 22.5 Å². The molecule has 7 heteroatoms. The van der Waals surface area contributed by atoms with E-state index >= 15 is 0 Å². The van der Waals surface area contributed by atoms with Crippen molar-refractivity contribution in [3.8, 4) is 0 Å². The fourth-order valence-electron chi connectivity index (χ4n) is 1.56.